The van der Waals surface area contributed by atoms with Crippen LogP contribution in [-0.4, -0.2) is 0 Å². The zero-order chi connectivity index (χ0) is 10.1. The van der Waals surface area contributed by atoms with Gasteiger partial charge in [-0.05, 0) is 36.5 Å². The lowest BCUT2D eigenvalue weighted by atomic mass is 9.77. The summed E-state index contributed by atoms with van der Waals surface area (Å²) in [6, 6.07) is 3.78. The molecule has 1 unspecified atom stereocenters. The van der Waals surface area contributed by atoms with E-state index in [2.05, 4.69) is 0 Å². The number of hydrogen-bond acceptors (Lipinski definition) is 1. The molecule has 0 aromatic heterocycles. The maximum absolute atomic E-state index is 12.9. The van der Waals surface area contributed by atoms with Crippen LogP contribution in [-0.2, 0) is 0 Å². The summed E-state index contributed by atoms with van der Waals surface area (Å²) in [6.07, 6.45) is 3.39. The third-order valence-corrected chi connectivity index (χ3v) is 2.99. The molecule has 0 aliphatic heterocycles. The van der Waals surface area contributed by atoms with Gasteiger partial charge in [-0.3, -0.25) is 0 Å². The highest BCUT2D eigenvalue weighted by molar-refractivity contribution is 5.22. The molecule has 1 fully saturated rings. The first-order valence-corrected chi connectivity index (χ1v) is 4.89. The Labute approximate surface area is 81.9 Å². The molecule has 0 bridgehead atoms. The minimum atomic E-state index is -0.811. The van der Waals surface area contributed by atoms with Crippen molar-refractivity contribution < 1.29 is 8.78 Å². The van der Waals surface area contributed by atoms with Crippen molar-refractivity contribution in [3.63, 3.8) is 0 Å². The van der Waals surface area contributed by atoms with Crippen LogP contribution in [0.3, 0.4) is 0 Å². The van der Waals surface area contributed by atoms with Crippen LogP contribution < -0.4 is 5.73 Å². The summed E-state index contributed by atoms with van der Waals surface area (Å²) >= 11 is 0. The molecule has 76 valence electrons. The molecule has 1 aromatic rings. The van der Waals surface area contributed by atoms with E-state index in [0.29, 0.717) is 11.5 Å². The predicted molar refractivity (Wildman–Crippen MR) is 50.6 cm³/mol. The number of rotatable bonds is 2. The molecule has 1 aromatic carbocycles. The number of hydrogen-bond donors (Lipinski definition) is 1. The van der Waals surface area contributed by atoms with E-state index in [1.165, 1.54) is 12.5 Å². The van der Waals surface area contributed by atoms with Crippen LogP contribution in [0.1, 0.15) is 30.9 Å². The summed E-state index contributed by atoms with van der Waals surface area (Å²) in [4.78, 5) is 0. The Morgan fingerprint density at radius 1 is 1.21 bits per heavy atom. The van der Waals surface area contributed by atoms with Crippen molar-refractivity contribution in [2.75, 3.05) is 0 Å². The fraction of sp³-hybridized carbons (Fsp3) is 0.455. The van der Waals surface area contributed by atoms with Gasteiger partial charge in [-0.2, -0.15) is 0 Å². The van der Waals surface area contributed by atoms with Crippen molar-refractivity contribution in [3.05, 3.63) is 35.4 Å². The molecule has 0 amide bonds. The quantitative estimate of drug-likeness (QED) is 0.775. The summed E-state index contributed by atoms with van der Waals surface area (Å²) < 4.78 is 25.5. The van der Waals surface area contributed by atoms with E-state index in [0.717, 1.165) is 18.9 Å². The molecule has 3 heteroatoms. The lowest BCUT2D eigenvalue weighted by molar-refractivity contribution is 0.264. The fourth-order valence-corrected chi connectivity index (χ4v) is 1.79. The Morgan fingerprint density at radius 2 is 1.93 bits per heavy atom. The van der Waals surface area contributed by atoms with Gasteiger partial charge in [0, 0.05) is 6.04 Å². The minimum absolute atomic E-state index is 0.140. The molecular weight excluding hydrogens is 184 g/mol. The highest BCUT2D eigenvalue weighted by atomic mass is 19.2. The normalized spacial score (nSPS) is 19.1. The molecule has 2 rings (SSSR count). The lowest BCUT2D eigenvalue weighted by Crippen LogP contribution is -2.26. The summed E-state index contributed by atoms with van der Waals surface area (Å²) in [5.41, 5.74) is 6.63. The highest BCUT2D eigenvalue weighted by Gasteiger charge is 2.25. The van der Waals surface area contributed by atoms with Gasteiger partial charge in [0.1, 0.15) is 0 Å². The van der Waals surface area contributed by atoms with Crippen molar-refractivity contribution >= 4 is 0 Å². The van der Waals surface area contributed by atoms with Crippen molar-refractivity contribution in [2.45, 2.75) is 25.3 Å². The molecule has 1 aliphatic rings. The van der Waals surface area contributed by atoms with Gasteiger partial charge in [-0.1, -0.05) is 12.5 Å². The first-order valence-electron chi connectivity index (χ1n) is 4.89. The summed E-state index contributed by atoms with van der Waals surface area (Å²) in [5, 5.41) is 0. The van der Waals surface area contributed by atoms with Crippen LogP contribution in [0.4, 0.5) is 8.78 Å². The summed E-state index contributed by atoms with van der Waals surface area (Å²) in [5.74, 6) is -1.17. The molecule has 2 N–H and O–H groups in total. The molecule has 1 aliphatic carbocycles. The maximum Gasteiger partial charge on any atom is 0.159 e. The number of nitrogens with two attached hydrogens (primary N) is 1. The third kappa shape index (κ3) is 1.64. The zero-order valence-electron chi connectivity index (χ0n) is 7.84. The molecule has 0 saturated heterocycles. The molecule has 1 atom stereocenters. The first-order chi connectivity index (χ1) is 6.68. The topological polar surface area (TPSA) is 26.0 Å². The second-order valence-electron chi connectivity index (χ2n) is 3.89. The van der Waals surface area contributed by atoms with Crippen LogP contribution in [0.25, 0.3) is 0 Å². The van der Waals surface area contributed by atoms with Gasteiger partial charge in [0.15, 0.2) is 11.6 Å². The smallest absolute Gasteiger partial charge is 0.159 e. The van der Waals surface area contributed by atoms with E-state index in [1.54, 1.807) is 6.07 Å². The summed E-state index contributed by atoms with van der Waals surface area (Å²) in [7, 11) is 0. The molecule has 0 spiro atoms. The first kappa shape index (κ1) is 9.59. The zero-order valence-corrected chi connectivity index (χ0v) is 7.84. The monoisotopic (exact) mass is 197 g/mol. The van der Waals surface area contributed by atoms with Crippen molar-refractivity contribution in [2.24, 2.45) is 11.7 Å². The van der Waals surface area contributed by atoms with E-state index in [4.69, 9.17) is 5.73 Å². The Hall–Kier alpha value is -0.960. The Bertz CT molecular complexity index is 334. The van der Waals surface area contributed by atoms with E-state index < -0.39 is 11.6 Å². The van der Waals surface area contributed by atoms with Crippen LogP contribution in [0.15, 0.2) is 18.2 Å². The van der Waals surface area contributed by atoms with E-state index >= 15 is 0 Å². The van der Waals surface area contributed by atoms with Crippen molar-refractivity contribution in [1.29, 1.82) is 0 Å². The van der Waals surface area contributed by atoms with Crippen LogP contribution in [0.2, 0.25) is 0 Å². The third-order valence-electron chi connectivity index (χ3n) is 2.99. The van der Waals surface area contributed by atoms with Gasteiger partial charge >= 0.3 is 0 Å². The van der Waals surface area contributed by atoms with E-state index in [9.17, 15) is 8.78 Å². The van der Waals surface area contributed by atoms with Crippen LogP contribution in [0.5, 0.6) is 0 Å². The Morgan fingerprint density at radius 3 is 2.43 bits per heavy atom. The Balaban J connectivity index is 2.18. The van der Waals surface area contributed by atoms with Gasteiger partial charge in [-0.15, -0.1) is 0 Å². The second-order valence-corrected chi connectivity index (χ2v) is 3.89. The summed E-state index contributed by atoms with van der Waals surface area (Å²) in [6.45, 7) is 0. The molecule has 14 heavy (non-hydrogen) atoms. The van der Waals surface area contributed by atoms with Gasteiger partial charge < -0.3 is 5.73 Å². The molecule has 0 radical (unpaired) electrons. The SMILES string of the molecule is NC(c1ccc(F)c(F)c1)C1CCC1. The lowest BCUT2D eigenvalue weighted by Gasteiger charge is -2.31. The van der Waals surface area contributed by atoms with Gasteiger partial charge in [0.2, 0.25) is 0 Å². The second kappa shape index (κ2) is 3.65. The Kier molecular flexibility index (Phi) is 2.50. The van der Waals surface area contributed by atoms with E-state index in [1.807, 2.05) is 0 Å². The van der Waals surface area contributed by atoms with Gasteiger partial charge in [0.05, 0.1) is 0 Å². The molecule has 1 nitrogen and oxygen atoms in total. The standard InChI is InChI=1S/C11H13F2N/c12-9-5-4-8(6-10(9)13)11(14)7-2-1-3-7/h4-7,11H,1-3,14H2. The average molecular weight is 197 g/mol. The molecular formula is C11H13F2N. The van der Waals surface area contributed by atoms with Gasteiger partial charge in [0.25, 0.3) is 0 Å². The van der Waals surface area contributed by atoms with Crippen LogP contribution >= 0.6 is 0 Å². The molecule has 1 saturated carbocycles. The largest absolute Gasteiger partial charge is 0.324 e. The van der Waals surface area contributed by atoms with Crippen molar-refractivity contribution in [3.8, 4) is 0 Å². The van der Waals surface area contributed by atoms with Crippen molar-refractivity contribution in [1.82, 2.24) is 0 Å². The minimum Gasteiger partial charge on any atom is -0.324 e. The predicted octanol–water partition coefficient (Wildman–Crippen LogP) is 2.76. The maximum atomic E-state index is 12.9. The number of halogens is 2. The number of benzene rings is 1. The molecule has 0 heterocycles. The fourth-order valence-electron chi connectivity index (χ4n) is 1.79. The highest BCUT2D eigenvalue weighted by Crippen LogP contribution is 2.36. The van der Waals surface area contributed by atoms with E-state index in [-0.39, 0.29) is 6.04 Å². The average Bonchev–Trinajstić information content (AvgIpc) is 2.06. The van der Waals surface area contributed by atoms with Gasteiger partial charge in [-0.25, -0.2) is 8.78 Å². The van der Waals surface area contributed by atoms with Crippen LogP contribution in [0, 0.1) is 17.6 Å².